The second kappa shape index (κ2) is 8.60. The van der Waals surface area contributed by atoms with E-state index in [1.807, 2.05) is 6.92 Å². The van der Waals surface area contributed by atoms with Gasteiger partial charge in [-0.1, -0.05) is 13.8 Å². The predicted molar refractivity (Wildman–Crippen MR) is 112 cm³/mol. The number of nitrogens with zero attached hydrogens (tertiary/aromatic N) is 2. The Balaban J connectivity index is 1.79. The monoisotopic (exact) mass is 415 g/mol. The minimum atomic E-state index is -0.718. The molecule has 2 atom stereocenters. The normalized spacial score (nSPS) is 19.0. The van der Waals surface area contributed by atoms with Gasteiger partial charge in [-0.05, 0) is 48.9 Å². The van der Waals surface area contributed by atoms with Crippen molar-refractivity contribution in [1.82, 2.24) is 9.88 Å². The van der Waals surface area contributed by atoms with Crippen LogP contribution in [0, 0.1) is 5.92 Å². The van der Waals surface area contributed by atoms with E-state index in [-0.39, 0.29) is 12.0 Å². The van der Waals surface area contributed by atoms with Crippen LogP contribution in [0.3, 0.4) is 0 Å². The third kappa shape index (κ3) is 4.56. The van der Waals surface area contributed by atoms with Crippen LogP contribution in [0.5, 0.6) is 0 Å². The largest absolute Gasteiger partial charge is 0.383 e. The van der Waals surface area contributed by atoms with Crippen molar-refractivity contribution in [2.45, 2.75) is 39.2 Å². The maximum atomic E-state index is 13.0. The lowest BCUT2D eigenvalue weighted by molar-refractivity contribution is -0.146. The summed E-state index contributed by atoms with van der Waals surface area (Å²) in [6.07, 6.45) is 3.76. The molecule has 5 N–H and O–H groups in total. The first kappa shape index (κ1) is 20.8. The van der Waals surface area contributed by atoms with Crippen LogP contribution in [-0.4, -0.2) is 34.2 Å². The molecule has 0 spiro atoms. The molecule has 154 valence electrons. The summed E-state index contributed by atoms with van der Waals surface area (Å²) >= 11 is 1.27. The van der Waals surface area contributed by atoms with Gasteiger partial charge in [0.25, 0.3) is 5.91 Å². The van der Waals surface area contributed by atoms with Crippen molar-refractivity contribution < 1.29 is 14.4 Å². The lowest BCUT2D eigenvalue weighted by atomic mass is 9.93. The summed E-state index contributed by atoms with van der Waals surface area (Å²) in [5.74, 6) is -1.13. The number of nitrogens with two attached hydrogens (primary N) is 2. The van der Waals surface area contributed by atoms with Gasteiger partial charge in [0.2, 0.25) is 0 Å². The topological polar surface area (TPSA) is 131 Å². The summed E-state index contributed by atoms with van der Waals surface area (Å²) in [7, 11) is 0. The number of hydrogen-bond acceptors (Lipinski definition) is 6. The number of amides is 3. The minimum absolute atomic E-state index is 0.252. The highest BCUT2D eigenvalue weighted by Gasteiger charge is 2.35. The van der Waals surface area contributed by atoms with Crippen LogP contribution in [0.1, 0.15) is 52.8 Å². The van der Waals surface area contributed by atoms with Crippen LogP contribution in [-0.2, 0) is 16.0 Å². The number of hydrogen-bond donors (Lipinski definition) is 3. The predicted octanol–water partition coefficient (Wildman–Crippen LogP) is 2.32. The molecule has 2 unspecified atom stereocenters. The summed E-state index contributed by atoms with van der Waals surface area (Å²) in [6, 6.07) is 4.94. The molecule has 0 saturated carbocycles. The smallest absolute Gasteiger partial charge is 0.313 e. The number of likely N-dealkylation sites (tertiary alicyclic amines) is 1. The van der Waals surface area contributed by atoms with E-state index in [4.69, 9.17) is 11.5 Å². The zero-order valence-corrected chi connectivity index (χ0v) is 17.3. The van der Waals surface area contributed by atoms with Gasteiger partial charge in [0, 0.05) is 11.4 Å². The molecule has 0 bridgehead atoms. The number of primary amides is 1. The number of aryl methyl sites for hydroxylation is 1. The first-order chi connectivity index (χ1) is 13.8. The van der Waals surface area contributed by atoms with Crippen LogP contribution in [0.2, 0.25) is 0 Å². The fourth-order valence-electron chi connectivity index (χ4n) is 3.52. The Hall–Kier alpha value is -2.94. The van der Waals surface area contributed by atoms with Crippen molar-refractivity contribution in [2.75, 3.05) is 17.6 Å². The van der Waals surface area contributed by atoms with Crippen LogP contribution in [0.25, 0.3) is 0 Å². The van der Waals surface area contributed by atoms with E-state index in [1.54, 1.807) is 23.1 Å². The Bertz CT molecular complexity index is 942. The number of nitrogens with one attached hydrogen (secondary N) is 1. The Morgan fingerprint density at radius 3 is 2.72 bits per heavy atom. The van der Waals surface area contributed by atoms with E-state index in [0.717, 1.165) is 23.3 Å². The van der Waals surface area contributed by atoms with Crippen LogP contribution in [0.4, 0.5) is 11.5 Å². The highest BCUT2D eigenvalue weighted by molar-refractivity contribution is 7.14. The van der Waals surface area contributed by atoms with Crippen LogP contribution < -0.4 is 16.8 Å². The van der Waals surface area contributed by atoms with Crippen molar-refractivity contribution in [3.05, 3.63) is 39.7 Å². The number of piperidine rings is 1. The Kier molecular flexibility index (Phi) is 6.17. The molecule has 8 nitrogen and oxygen atoms in total. The fraction of sp³-hybridized carbons (Fsp3) is 0.400. The van der Waals surface area contributed by atoms with Gasteiger partial charge in [-0.15, -0.1) is 11.3 Å². The number of pyridine rings is 1. The molecule has 1 aliphatic rings. The lowest BCUT2D eigenvalue weighted by Crippen LogP contribution is -2.46. The summed E-state index contributed by atoms with van der Waals surface area (Å²) < 4.78 is 0. The van der Waals surface area contributed by atoms with E-state index in [2.05, 4.69) is 17.2 Å². The molecule has 2 aromatic rings. The fourth-order valence-corrected chi connectivity index (χ4v) is 4.53. The number of thiophene rings is 1. The summed E-state index contributed by atoms with van der Waals surface area (Å²) in [4.78, 5) is 44.0. The van der Waals surface area contributed by atoms with Crippen LogP contribution in [0.15, 0.2) is 24.4 Å². The van der Waals surface area contributed by atoms with E-state index >= 15 is 0 Å². The second-order valence-electron chi connectivity index (χ2n) is 7.30. The molecule has 0 aromatic carbocycles. The Morgan fingerprint density at radius 1 is 1.31 bits per heavy atom. The Morgan fingerprint density at radius 2 is 2.07 bits per heavy atom. The van der Waals surface area contributed by atoms with Gasteiger partial charge in [0.1, 0.15) is 5.82 Å². The summed E-state index contributed by atoms with van der Waals surface area (Å²) in [5, 5.41) is 2.63. The molecule has 1 saturated heterocycles. The maximum absolute atomic E-state index is 13.0. The van der Waals surface area contributed by atoms with Crippen molar-refractivity contribution in [1.29, 1.82) is 0 Å². The van der Waals surface area contributed by atoms with Gasteiger partial charge < -0.3 is 21.7 Å². The lowest BCUT2D eigenvalue weighted by Gasteiger charge is -2.37. The zero-order valence-electron chi connectivity index (χ0n) is 16.5. The highest BCUT2D eigenvalue weighted by Crippen LogP contribution is 2.36. The first-order valence-electron chi connectivity index (χ1n) is 9.56. The average molecular weight is 416 g/mol. The third-order valence-corrected chi connectivity index (χ3v) is 6.31. The van der Waals surface area contributed by atoms with Crippen LogP contribution >= 0.6 is 11.3 Å². The first-order valence-corrected chi connectivity index (χ1v) is 10.4. The SMILES string of the molecule is CCc1cc(NC(=O)C(=O)N2CC(C)CCC2c2ccc(C(N)=O)s2)cnc1N. The molecule has 1 fully saturated rings. The zero-order chi connectivity index (χ0) is 21.1. The molecule has 1 aliphatic heterocycles. The maximum Gasteiger partial charge on any atom is 0.313 e. The van der Waals surface area contributed by atoms with Gasteiger partial charge >= 0.3 is 11.8 Å². The molecule has 3 rings (SSSR count). The Labute approximate surface area is 173 Å². The number of aromatic nitrogens is 1. The van der Waals surface area contributed by atoms with Gasteiger partial charge in [0.05, 0.1) is 22.8 Å². The molecule has 3 heterocycles. The number of carbonyl (C=O) groups is 3. The average Bonchev–Trinajstić information content (AvgIpc) is 3.19. The van der Waals surface area contributed by atoms with Gasteiger partial charge in [-0.3, -0.25) is 14.4 Å². The molecule has 2 aromatic heterocycles. The van der Waals surface area contributed by atoms with E-state index in [9.17, 15) is 14.4 Å². The molecular formula is C20H25N5O3S. The molecule has 3 amide bonds. The van der Waals surface area contributed by atoms with Crippen molar-refractivity contribution in [3.63, 3.8) is 0 Å². The third-order valence-electron chi connectivity index (χ3n) is 5.11. The highest BCUT2D eigenvalue weighted by atomic mass is 32.1. The van der Waals surface area contributed by atoms with Gasteiger partial charge in [0.15, 0.2) is 0 Å². The van der Waals surface area contributed by atoms with E-state index in [0.29, 0.717) is 29.3 Å². The quantitative estimate of drug-likeness (QED) is 0.660. The van der Waals surface area contributed by atoms with Gasteiger partial charge in [-0.25, -0.2) is 4.98 Å². The molecular weight excluding hydrogens is 390 g/mol. The molecule has 0 radical (unpaired) electrons. The summed E-state index contributed by atoms with van der Waals surface area (Å²) in [6.45, 7) is 4.46. The van der Waals surface area contributed by atoms with Crippen molar-refractivity contribution in [3.8, 4) is 0 Å². The standard InChI is InChI=1S/C20H25N5O3S/c1-3-12-8-13(9-23-17(12)21)24-19(27)20(28)25-10-11(2)4-5-14(25)15-6-7-16(29-15)18(22)26/h6-9,11,14H,3-5,10H2,1-2H3,(H2,21,23)(H2,22,26)(H,24,27). The van der Waals surface area contributed by atoms with Crippen molar-refractivity contribution in [2.24, 2.45) is 11.7 Å². The van der Waals surface area contributed by atoms with Gasteiger partial charge in [-0.2, -0.15) is 0 Å². The minimum Gasteiger partial charge on any atom is -0.383 e. The number of anilines is 2. The number of carbonyl (C=O) groups excluding carboxylic acids is 3. The second-order valence-corrected chi connectivity index (χ2v) is 8.41. The number of rotatable bonds is 4. The van der Waals surface area contributed by atoms with E-state index < -0.39 is 17.7 Å². The molecule has 9 heteroatoms. The number of nitrogen functional groups attached to an aromatic ring is 1. The molecule has 0 aliphatic carbocycles. The molecule has 29 heavy (non-hydrogen) atoms. The van der Waals surface area contributed by atoms with Crippen molar-refractivity contribution >= 4 is 40.6 Å². The summed E-state index contributed by atoms with van der Waals surface area (Å²) in [5.41, 5.74) is 12.4. The van der Waals surface area contributed by atoms with E-state index in [1.165, 1.54) is 17.5 Å².